The van der Waals surface area contributed by atoms with Crippen LogP contribution in [0.2, 0.25) is 0 Å². The lowest BCUT2D eigenvalue weighted by atomic mass is 10.4. The van der Waals surface area contributed by atoms with Gasteiger partial charge in [-0.1, -0.05) is 0 Å². The Kier molecular flexibility index (Phi) is 2.23. The van der Waals surface area contributed by atoms with Crippen molar-refractivity contribution in [3.8, 4) is 0 Å². The van der Waals surface area contributed by atoms with Crippen molar-refractivity contribution in [1.29, 1.82) is 0 Å². The molecular formula is C9H13ClN4. The molecule has 0 aliphatic rings. The number of fused-ring (bicyclic) bond motifs is 1. The van der Waals surface area contributed by atoms with Gasteiger partial charge in [0.25, 0.3) is 0 Å². The minimum atomic E-state index is 0.601. The van der Waals surface area contributed by atoms with Crippen LogP contribution in [-0.2, 0) is 20.5 Å². The van der Waals surface area contributed by atoms with E-state index in [1.54, 1.807) is 0 Å². The summed E-state index contributed by atoms with van der Waals surface area (Å²) < 4.78 is 3.91. The molecule has 0 saturated carbocycles. The summed E-state index contributed by atoms with van der Waals surface area (Å²) >= 11 is 5.71. The molecule has 0 aliphatic carbocycles. The van der Waals surface area contributed by atoms with Crippen molar-refractivity contribution in [2.75, 3.05) is 5.88 Å². The molecule has 0 aliphatic heterocycles. The number of aromatic nitrogens is 4. The fourth-order valence-electron chi connectivity index (χ4n) is 1.78. The van der Waals surface area contributed by atoms with Gasteiger partial charge in [-0.05, 0) is 6.92 Å². The van der Waals surface area contributed by atoms with Crippen LogP contribution < -0.4 is 0 Å². The quantitative estimate of drug-likeness (QED) is 0.706. The molecule has 0 atom stereocenters. The number of imidazole rings is 1. The molecule has 14 heavy (non-hydrogen) atoms. The monoisotopic (exact) mass is 212 g/mol. The average molecular weight is 213 g/mol. The number of rotatable bonds is 2. The van der Waals surface area contributed by atoms with Crippen LogP contribution in [0.4, 0.5) is 0 Å². The van der Waals surface area contributed by atoms with Crippen molar-refractivity contribution >= 4 is 22.8 Å². The Morgan fingerprint density at radius 3 is 2.64 bits per heavy atom. The number of aryl methyl sites for hydroxylation is 4. The second-order valence-electron chi connectivity index (χ2n) is 3.41. The Balaban J connectivity index is 2.68. The lowest BCUT2D eigenvalue weighted by Crippen LogP contribution is -2.03. The SMILES string of the molecule is Cc1nn(C)c2c1nc(CCCl)n2C. The van der Waals surface area contributed by atoms with Gasteiger partial charge in [0, 0.05) is 26.4 Å². The summed E-state index contributed by atoms with van der Waals surface area (Å²) in [7, 11) is 3.93. The Morgan fingerprint density at radius 1 is 1.36 bits per heavy atom. The van der Waals surface area contributed by atoms with Crippen LogP contribution in [0.25, 0.3) is 11.2 Å². The predicted molar refractivity (Wildman–Crippen MR) is 56.6 cm³/mol. The first-order valence-electron chi connectivity index (χ1n) is 4.56. The predicted octanol–water partition coefficient (Wildman–Crippen LogP) is 1.40. The molecule has 0 bridgehead atoms. The fraction of sp³-hybridized carbons (Fsp3) is 0.556. The molecule has 2 heterocycles. The van der Waals surface area contributed by atoms with Gasteiger partial charge in [-0.2, -0.15) is 5.10 Å². The van der Waals surface area contributed by atoms with Gasteiger partial charge in [0.05, 0.1) is 5.69 Å². The van der Waals surface area contributed by atoms with Crippen molar-refractivity contribution in [3.05, 3.63) is 11.5 Å². The highest BCUT2D eigenvalue weighted by molar-refractivity contribution is 6.17. The van der Waals surface area contributed by atoms with Crippen molar-refractivity contribution in [1.82, 2.24) is 19.3 Å². The highest BCUT2D eigenvalue weighted by Crippen LogP contribution is 2.17. The lowest BCUT2D eigenvalue weighted by molar-refractivity contribution is 0.726. The Morgan fingerprint density at radius 2 is 2.07 bits per heavy atom. The van der Waals surface area contributed by atoms with Crippen LogP contribution in [0.15, 0.2) is 0 Å². The number of hydrogen-bond acceptors (Lipinski definition) is 2. The van der Waals surface area contributed by atoms with E-state index in [0.29, 0.717) is 5.88 Å². The standard InChI is InChI=1S/C9H13ClN4/c1-6-8-9(14(3)12-6)13(2)7(11-8)4-5-10/h4-5H2,1-3H3. The Labute approximate surface area is 87.5 Å². The number of alkyl halides is 1. The Bertz CT molecular complexity index is 469. The van der Waals surface area contributed by atoms with Gasteiger partial charge in [0.2, 0.25) is 0 Å². The molecule has 0 spiro atoms. The van der Waals surface area contributed by atoms with Crippen LogP contribution in [0.3, 0.4) is 0 Å². The molecule has 4 nitrogen and oxygen atoms in total. The first-order chi connectivity index (χ1) is 6.65. The molecule has 76 valence electrons. The maximum absolute atomic E-state index is 5.71. The fourth-order valence-corrected chi connectivity index (χ4v) is 1.95. The van der Waals surface area contributed by atoms with Crippen molar-refractivity contribution in [2.24, 2.45) is 14.1 Å². The maximum atomic E-state index is 5.71. The van der Waals surface area contributed by atoms with Gasteiger partial charge in [-0.3, -0.25) is 4.68 Å². The van der Waals surface area contributed by atoms with Gasteiger partial charge in [-0.15, -0.1) is 11.6 Å². The smallest absolute Gasteiger partial charge is 0.158 e. The second kappa shape index (κ2) is 3.28. The molecule has 0 fully saturated rings. The first-order valence-corrected chi connectivity index (χ1v) is 5.09. The molecule has 0 N–H and O–H groups in total. The van der Waals surface area contributed by atoms with Crippen LogP contribution >= 0.6 is 11.6 Å². The van der Waals surface area contributed by atoms with E-state index in [0.717, 1.165) is 29.1 Å². The normalized spacial score (nSPS) is 11.4. The van der Waals surface area contributed by atoms with E-state index in [1.807, 2.05) is 25.7 Å². The number of nitrogens with zero attached hydrogens (tertiary/aromatic N) is 4. The summed E-state index contributed by atoms with van der Waals surface area (Å²) in [5.41, 5.74) is 3.01. The van der Waals surface area contributed by atoms with Gasteiger partial charge in [-0.25, -0.2) is 4.98 Å². The zero-order valence-corrected chi connectivity index (χ0v) is 9.34. The summed E-state index contributed by atoms with van der Waals surface area (Å²) in [5.74, 6) is 1.62. The topological polar surface area (TPSA) is 35.6 Å². The summed E-state index contributed by atoms with van der Waals surface area (Å²) in [5, 5.41) is 4.31. The van der Waals surface area contributed by atoms with E-state index in [4.69, 9.17) is 11.6 Å². The van der Waals surface area contributed by atoms with Crippen LogP contribution in [-0.4, -0.2) is 25.2 Å². The van der Waals surface area contributed by atoms with Crippen molar-refractivity contribution in [2.45, 2.75) is 13.3 Å². The van der Waals surface area contributed by atoms with Gasteiger partial charge in [0.1, 0.15) is 11.3 Å². The van der Waals surface area contributed by atoms with E-state index >= 15 is 0 Å². The third-order valence-corrected chi connectivity index (χ3v) is 2.61. The average Bonchev–Trinajstić information content (AvgIpc) is 2.57. The molecule has 0 amide bonds. The van der Waals surface area contributed by atoms with Gasteiger partial charge >= 0.3 is 0 Å². The largest absolute Gasteiger partial charge is 0.316 e. The highest BCUT2D eigenvalue weighted by atomic mass is 35.5. The second-order valence-corrected chi connectivity index (χ2v) is 3.79. The number of halogens is 1. The molecule has 2 rings (SSSR count). The van der Waals surface area contributed by atoms with Crippen LogP contribution in [0.1, 0.15) is 11.5 Å². The molecule has 2 aromatic heterocycles. The van der Waals surface area contributed by atoms with E-state index < -0.39 is 0 Å². The van der Waals surface area contributed by atoms with Crippen LogP contribution in [0, 0.1) is 6.92 Å². The third-order valence-electron chi connectivity index (χ3n) is 2.42. The minimum Gasteiger partial charge on any atom is -0.316 e. The summed E-state index contributed by atoms with van der Waals surface area (Å²) in [6.07, 6.45) is 0.798. The molecule has 0 radical (unpaired) electrons. The third kappa shape index (κ3) is 1.21. The van der Waals surface area contributed by atoms with E-state index in [9.17, 15) is 0 Å². The molecule has 5 heteroatoms. The zero-order chi connectivity index (χ0) is 10.3. The van der Waals surface area contributed by atoms with E-state index in [2.05, 4.69) is 14.6 Å². The first kappa shape index (κ1) is 9.52. The van der Waals surface area contributed by atoms with E-state index in [-0.39, 0.29) is 0 Å². The summed E-state index contributed by atoms with van der Waals surface area (Å²) in [6, 6.07) is 0. The molecule has 2 aromatic rings. The molecule has 0 aromatic carbocycles. The van der Waals surface area contributed by atoms with Crippen molar-refractivity contribution < 1.29 is 0 Å². The maximum Gasteiger partial charge on any atom is 0.158 e. The molecular weight excluding hydrogens is 200 g/mol. The lowest BCUT2D eigenvalue weighted by Gasteiger charge is -2.00. The zero-order valence-electron chi connectivity index (χ0n) is 8.58. The van der Waals surface area contributed by atoms with Gasteiger partial charge in [0.15, 0.2) is 5.65 Å². The summed E-state index contributed by atoms with van der Waals surface area (Å²) in [4.78, 5) is 4.52. The van der Waals surface area contributed by atoms with Gasteiger partial charge < -0.3 is 4.57 Å². The summed E-state index contributed by atoms with van der Waals surface area (Å²) in [6.45, 7) is 1.97. The molecule has 0 unspecified atom stereocenters. The Hall–Kier alpha value is -1.03. The number of hydrogen-bond donors (Lipinski definition) is 0. The molecule has 0 saturated heterocycles. The van der Waals surface area contributed by atoms with Crippen LogP contribution in [0.5, 0.6) is 0 Å². The van der Waals surface area contributed by atoms with Crippen molar-refractivity contribution in [3.63, 3.8) is 0 Å². The van der Waals surface area contributed by atoms with E-state index in [1.165, 1.54) is 0 Å². The highest BCUT2D eigenvalue weighted by Gasteiger charge is 2.13. The minimum absolute atomic E-state index is 0.601.